The molecule has 1 N–H and O–H groups in total. The molecule has 0 aliphatic carbocycles. The molecular weight excluding hydrogens is 262 g/mol. The average Bonchev–Trinajstić information content (AvgIpc) is 3.08. The third kappa shape index (κ3) is 2.76. The van der Waals surface area contributed by atoms with Gasteiger partial charge >= 0.3 is 0 Å². The molecular formula is C12H17N5OS. The van der Waals surface area contributed by atoms with Gasteiger partial charge in [0.15, 0.2) is 10.6 Å². The monoisotopic (exact) mass is 279 g/mol. The van der Waals surface area contributed by atoms with E-state index in [4.69, 9.17) is 17.0 Å². The molecule has 102 valence electrons. The number of aromatic nitrogens is 5. The Morgan fingerprint density at radius 1 is 1.58 bits per heavy atom. The fourth-order valence-corrected chi connectivity index (χ4v) is 2.57. The van der Waals surface area contributed by atoms with E-state index in [2.05, 4.69) is 15.3 Å². The fraction of sp³-hybridized carbons (Fsp3) is 0.583. The summed E-state index contributed by atoms with van der Waals surface area (Å²) in [6.07, 6.45) is 4.42. The minimum atomic E-state index is 0.252. The second-order valence-corrected chi connectivity index (χ2v) is 5.23. The first-order valence-corrected chi connectivity index (χ1v) is 6.89. The molecule has 0 amide bonds. The Morgan fingerprint density at radius 2 is 2.47 bits per heavy atom. The minimum absolute atomic E-state index is 0.252. The van der Waals surface area contributed by atoms with E-state index in [1.807, 2.05) is 28.4 Å². The van der Waals surface area contributed by atoms with Crippen LogP contribution < -0.4 is 0 Å². The number of nitrogens with zero attached hydrogens (tertiary/aromatic N) is 4. The predicted octanol–water partition coefficient (Wildman–Crippen LogP) is 1.67. The summed E-state index contributed by atoms with van der Waals surface area (Å²) in [7, 11) is 0. The number of aryl methyl sites for hydroxylation is 1. The fourth-order valence-electron chi connectivity index (χ4n) is 2.35. The van der Waals surface area contributed by atoms with E-state index in [1.54, 1.807) is 0 Å². The summed E-state index contributed by atoms with van der Waals surface area (Å²) >= 11 is 5.29. The molecule has 1 fully saturated rings. The van der Waals surface area contributed by atoms with Crippen molar-refractivity contribution in [2.75, 3.05) is 6.61 Å². The summed E-state index contributed by atoms with van der Waals surface area (Å²) in [4.78, 5) is 0. The van der Waals surface area contributed by atoms with Crippen LogP contribution in [-0.4, -0.2) is 37.3 Å². The van der Waals surface area contributed by atoms with Crippen molar-refractivity contribution >= 4 is 12.2 Å². The van der Waals surface area contributed by atoms with E-state index in [-0.39, 0.29) is 6.10 Å². The number of hydrogen-bond donors (Lipinski definition) is 1. The standard InChI is InChI=1S/C12H17N5OS/c1-9-4-5-16(15-9)8-11-13-14-12(19)17(11)7-10-3-2-6-18-10/h4-5,10H,2-3,6-8H2,1H3,(H,14,19). The Bertz CT molecular complexity index is 608. The van der Waals surface area contributed by atoms with Crippen LogP contribution in [0, 0.1) is 11.7 Å². The molecule has 1 saturated heterocycles. The van der Waals surface area contributed by atoms with Crippen molar-refractivity contribution in [2.45, 2.75) is 39.0 Å². The molecule has 2 aromatic heterocycles. The number of ether oxygens (including phenoxy) is 1. The van der Waals surface area contributed by atoms with E-state index in [0.717, 1.165) is 37.5 Å². The van der Waals surface area contributed by atoms with Crippen molar-refractivity contribution < 1.29 is 4.74 Å². The highest BCUT2D eigenvalue weighted by Crippen LogP contribution is 2.15. The molecule has 7 heteroatoms. The van der Waals surface area contributed by atoms with Crippen LogP contribution in [0.5, 0.6) is 0 Å². The molecule has 3 heterocycles. The van der Waals surface area contributed by atoms with Gasteiger partial charge in [-0.15, -0.1) is 0 Å². The van der Waals surface area contributed by atoms with Gasteiger partial charge in [-0.1, -0.05) is 0 Å². The van der Waals surface area contributed by atoms with Gasteiger partial charge in [0, 0.05) is 12.8 Å². The quantitative estimate of drug-likeness (QED) is 0.865. The van der Waals surface area contributed by atoms with Crippen molar-refractivity contribution in [2.24, 2.45) is 0 Å². The van der Waals surface area contributed by atoms with Crippen molar-refractivity contribution in [1.82, 2.24) is 24.5 Å². The first-order chi connectivity index (χ1) is 9.22. The highest BCUT2D eigenvalue weighted by Gasteiger charge is 2.18. The van der Waals surface area contributed by atoms with Crippen LogP contribution in [0.3, 0.4) is 0 Å². The SMILES string of the molecule is Cc1ccn(Cc2n[nH]c(=S)n2CC2CCCO2)n1. The molecule has 0 saturated carbocycles. The molecule has 0 spiro atoms. The summed E-state index contributed by atoms with van der Waals surface area (Å²) in [6.45, 7) is 4.21. The Labute approximate surface area is 116 Å². The van der Waals surface area contributed by atoms with Gasteiger partial charge in [0.05, 0.1) is 18.3 Å². The lowest BCUT2D eigenvalue weighted by atomic mass is 10.2. The first-order valence-electron chi connectivity index (χ1n) is 6.48. The largest absolute Gasteiger partial charge is 0.376 e. The van der Waals surface area contributed by atoms with Crippen LogP contribution in [0.1, 0.15) is 24.4 Å². The van der Waals surface area contributed by atoms with Gasteiger partial charge in [-0.2, -0.15) is 10.2 Å². The second-order valence-electron chi connectivity index (χ2n) is 4.85. The summed E-state index contributed by atoms with van der Waals surface area (Å²) in [5, 5.41) is 11.5. The molecule has 0 aromatic carbocycles. The number of hydrogen-bond acceptors (Lipinski definition) is 4. The Hall–Kier alpha value is -1.47. The van der Waals surface area contributed by atoms with Crippen LogP contribution in [0.15, 0.2) is 12.3 Å². The Balaban J connectivity index is 1.79. The maximum absolute atomic E-state index is 5.66. The molecule has 3 rings (SSSR count). The zero-order valence-corrected chi connectivity index (χ0v) is 11.7. The topological polar surface area (TPSA) is 60.7 Å². The minimum Gasteiger partial charge on any atom is -0.376 e. The van der Waals surface area contributed by atoms with E-state index in [0.29, 0.717) is 11.3 Å². The molecule has 2 aromatic rings. The van der Waals surface area contributed by atoms with Crippen LogP contribution in [0.2, 0.25) is 0 Å². The lowest BCUT2D eigenvalue weighted by Gasteiger charge is -2.12. The van der Waals surface area contributed by atoms with Crippen molar-refractivity contribution in [3.8, 4) is 0 Å². The molecule has 1 atom stereocenters. The van der Waals surface area contributed by atoms with Crippen LogP contribution in [0.4, 0.5) is 0 Å². The Morgan fingerprint density at radius 3 is 3.16 bits per heavy atom. The van der Waals surface area contributed by atoms with Gasteiger partial charge in [-0.05, 0) is 38.0 Å². The molecule has 19 heavy (non-hydrogen) atoms. The summed E-state index contributed by atoms with van der Waals surface area (Å²) in [5.41, 5.74) is 1.000. The van der Waals surface area contributed by atoms with Crippen molar-refractivity contribution in [1.29, 1.82) is 0 Å². The average molecular weight is 279 g/mol. The lowest BCUT2D eigenvalue weighted by molar-refractivity contribution is 0.0958. The highest BCUT2D eigenvalue weighted by atomic mass is 32.1. The Kier molecular flexibility index (Phi) is 3.48. The van der Waals surface area contributed by atoms with Gasteiger partial charge in [0.2, 0.25) is 0 Å². The smallest absolute Gasteiger partial charge is 0.195 e. The molecule has 0 bridgehead atoms. The maximum Gasteiger partial charge on any atom is 0.195 e. The first kappa shape index (κ1) is 12.6. The van der Waals surface area contributed by atoms with Crippen LogP contribution in [0.25, 0.3) is 0 Å². The number of rotatable bonds is 4. The molecule has 1 aliphatic rings. The van der Waals surface area contributed by atoms with Crippen LogP contribution in [-0.2, 0) is 17.8 Å². The molecule has 1 aliphatic heterocycles. The zero-order valence-electron chi connectivity index (χ0n) is 10.9. The van der Waals surface area contributed by atoms with Gasteiger partial charge in [0.1, 0.15) is 6.54 Å². The third-order valence-corrected chi connectivity index (χ3v) is 3.64. The van der Waals surface area contributed by atoms with E-state index in [1.165, 1.54) is 0 Å². The number of H-pyrrole nitrogens is 1. The van der Waals surface area contributed by atoms with Gasteiger partial charge in [-0.3, -0.25) is 14.3 Å². The summed E-state index contributed by atoms with van der Waals surface area (Å²) in [6, 6.07) is 1.98. The molecule has 0 radical (unpaired) electrons. The van der Waals surface area contributed by atoms with Crippen LogP contribution >= 0.6 is 12.2 Å². The summed E-state index contributed by atoms with van der Waals surface area (Å²) in [5.74, 6) is 0.892. The van der Waals surface area contributed by atoms with Gasteiger partial charge in [0.25, 0.3) is 0 Å². The predicted molar refractivity (Wildman–Crippen MR) is 72.5 cm³/mol. The third-order valence-electron chi connectivity index (χ3n) is 3.32. The van der Waals surface area contributed by atoms with Gasteiger partial charge < -0.3 is 4.74 Å². The second kappa shape index (κ2) is 5.26. The number of nitrogens with one attached hydrogen (secondary N) is 1. The van der Waals surface area contributed by atoms with Crippen molar-refractivity contribution in [3.63, 3.8) is 0 Å². The maximum atomic E-state index is 5.66. The van der Waals surface area contributed by atoms with Crippen molar-refractivity contribution in [3.05, 3.63) is 28.6 Å². The summed E-state index contributed by atoms with van der Waals surface area (Å²) < 4.78 is 10.2. The molecule has 1 unspecified atom stereocenters. The normalized spacial score (nSPS) is 19.1. The van der Waals surface area contributed by atoms with E-state index >= 15 is 0 Å². The van der Waals surface area contributed by atoms with E-state index in [9.17, 15) is 0 Å². The zero-order chi connectivity index (χ0) is 13.2. The molecule has 6 nitrogen and oxygen atoms in total. The lowest BCUT2D eigenvalue weighted by Crippen LogP contribution is -2.18. The highest BCUT2D eigenvalue weighted by molar-refractivity contribution is 7.71. The van der Waals surface area contributed by atoms with E-state index < -0.39 is 0 Å². The number of aromatic amines is 1. The van der Waals surface area contributed by atoms with Gasteiger partial charge in [-0.25, -0.2) is 0 Å².